The maximum absolute atomic E-state index is 5.68. The van der Waals surface area contributed by atoms with Gasteiger partial charge in [0.15, 0.2) is 0 Å². The highest BCUT2D eigenvalue weighted by Crippen LogP contribution is 2.39. The summed E-state index contributed by atoms with van der Waals surface area (Å²) in [6.45, 7) is 17.8. The van der Waals surface area contributed by atoms with Crippen molar-refractivity contribution in [2.45, 2.75) is 143 Å². The molecule has 2 heteroatoms. The second-order valence-electron chi connectivity index (χ2n) is 11.4. The van der Waals surface area contributed by atoms with E-state index in [1.807, 2.05) is 0 Å². The molecule has 0 aromatic rings. The van der Waals surface area contributed by atoms with E-state index in [1.54, 1.807) is 0 Å². The lowest BCUT2D eigenvalue weighted by Gasteiger charge is -2.03. The molecule has 0 N–H and O–H groups in total. The Bertz CT molecular complexity index is 655. The SMILES string of the molecule is CC(=CCC/C=C(\C)CC/C=C(\C)CCC1OC1(C)C)CC/C=C(\C)CCC1OC1(C)C. The number of ether oxygens (including phenoxy) is 2. The zero-order chi connectivity index (χ0) is 23.8. The fraction of sp³-hybridized carbons (Fsp3) is 0.733. The smallest absolute Gasteiger partial charge is 0.0892 e. The zero-order valence-electron chi connectivity index (χ0n) is 22.4. The fourth-order valence-electron chi connectivity index (χ4n) is 4.36. The van der Waals surface area contributed by atoms with Crippen molar-refractivity contribution in [3.8, 4) is 0 Å². The summed E-state index contributed by atoms with van der Waals surface area (Å²) in [4.78, 5) is 0. The highest BCUT2D eigenvalue weighted by molar-refractivity contribution is 5.08. The van der Waals surface area contributed by atoms with Crippen LogP contribution in [-0.2, 0) is 9.47 Å². The maximum Gasteiger partial charge on any atom is 0.0892 e. The number of unbranched alkanes of at least 4 members (excludes halogenated alkanes) is 1. The quantitative estimate of drug-likeness (QED) is 0.143. The first-order valence-electron chi connectivity index (χ1n) is 13.0. The summed E-state index contributed by atoms with van der Waals surface area (Å²) >= 11 is 0. The molecule has 0 aromatic carbocycles. The minimum Gasteiger partial charge on any atom is -0.367 e. The van der Waals surface area contributed by atoms with Gasteiger partial charge in [0.25, 0.3) is 0 Å². The standard InChI is InChI=1S/C30H50O2/c1-23(15-11-17-25(3)19-21-27-29(5,6)31-27)13-9-10-14-24(2)16-12-18-26(4)20-22-28-30(7,8)32-28/h13-14,17-18,27-28H,9-12,15-16,19-22H2,1-8H3/b23-13+,24-14?,25-17+,26-18+. The Labute approximate surface area is 199 Å². The highest BCUT2D eigenvalue weighted by atomic mass is 16.6. The third kappa shape index (κ3) is 10.7. The van der Waals surface area contributed by atoms with Gasteiger partial charge in [-0.2, -0.15) is 0 Å². The Morgan fingerprint density at radius 3 is 1.12 bits per heavy atom. The molecule has 0 bridgehead atoms. The van der Waals surface area contributed by atoms with Crippen molar-refractivity contribution in [2.75, 3.05) is 0 Å². The minimum absolute atomic E-state index is 0.130. The molecule has 2 aliphatic rings. The average molecular weight is 443 g/mol. The van der Waals surface area contributed by atoms with E-state index in [2.05, 4.69) is 79.7 Å². The first-order chi connectivity index (χ1) is 15.0. The van der Waals surface area contributed by atoms with Crippen LogP contribution in [0.2, 0.25) is 0 Å². The average Bonchev–Trinajstić information content (AvgIpc) is 3.54. The van der Waals surface area contributed by atoms with Gasteiger partial charge in [0, 0.05) is 0 Å². The Balaban J connectivity index is 1.52. The minimum atomic E-state index is 0.130. The molecule has 0 radical (unpaired) electrons. The molecule has 0 saturated carbocycles. The van der Waals surface area contributed by atoms with Gasteiger partial charge in [-0.3, -0.25) is 0 Å². The molecule has 2 unspecified atom stereocenters. The van der Waals surface area contributed by atoms with Crippen LogP contribution in [0.3, 0.4) is 0 Å². The van der Waals surface area contributed by atoms with Crippen LogP contribution >= 0.6 is 0 Å². The molecule has 2 rings (SSSR count). The second-order valence-corrected chi connectivity index (χ2v) is 11.4. The molecule has 2 heterocycles. The molecule has 0 aliphatic carbocycles. The summed E-state index contributed by atoms with van der Waals surface area (Å²) in [5.41, 5.74) is 6.32. The van der Waals surface area contributed by atoms with Gasteiger partial charge in [-0.15, -0.1) is 0 Å². The third-order valence-corrected chi connectivity index (χ3v) is 7.15. The van der Waals surface area contributed by atoms with Crippen LogP contribution in [0.15, 0.2) is 46.6 Å². The van der Waals surface area contributed by atoms with Gasteiger partial charge < -0.3 is 9.47 Å². The van der Waals surface area contributed by atoms with Gasteiger partial charge in [0.2, 0.25) is 0 Å². The predicted octanol–water partition coefficient (Wildman–Crippen LogP) is 9.03. The van der Waals surface area contributed by atoms with Gasteiger partial charge in [-0.05, 0) is 120 Å². The third-order valence-electron chi connectivity index (χ3n) is 7.15. The number of allylic oxidation sites excluding steroid dienone is 8. The molecule has 2 fully saturated rings. The Kier molecular flexibility index (Phi) is 10.5. The largest absolute Gasteiger partial charge is 0.367 e. The van der Waals surface area contributed by atoms with Crippen LogP contribution in [0.4, 0.5) is 0 Å². The van der Waals surface area contributed by atoms with E-state index in [0.29, 0.717) is 12.2 Å². The van der Waals surface area contributed by atoms with E-state index in [9.17, 15) is 0 Å². The van der Waals surface area contributed by atoms with Gasteiger partial charge in [0.05, 0.1) is 23.4 Å². The first kappa shape index (κ1) is 27.1. The lowest BCUT2D eigenvalue weighted by molar-refractivity contribution is 0.319. The van der Waals surface area contributed by atoms with Crippen LogP contribution < -0.4 is 0 Å². The molecule has 2 atom stereocenters. The molecule has 0 amide bonds. The van der Waals surface area contributed by atoms with Gasteiger partial charge in [0.1, 0.15) is 0 Å². The van der Waals surface area contributed by atoms with Gasteiger partial charge >= 0.3 is 0 Å². The number of rotatable bonds is 15. The van der Waals surface area contributed by atoms with Crippen LogP contribution in [0.5, 0.6) is 0 Å². The van der Waals surface area contributed by atoms with Crippen molar-refractivity contribution in [1.82, 2.24) is 0 Å². The lowest BCUT2D eigenvalue weighted by atomic mass is 10.0. The van der Waals surface area contributed by atoms with E-state index in [4.69, 9.17) is 9.47 Å². The zero-order valence-corrected chi connectivity index (χ0v) is 22.4. The van der Waals surface area contributed by atoms with Crippen molar-refractivity contribution < 1.29 is 9.47 Å². The molecule has 0 spiro atoms. The van der Waals surface area contributed by atoms with E-state index < -0.39 is 0 Å². The van der Waals surface area contributed by atoms with E-state index in [1.165, 1.54) is 60.8 Å². The molecular formula is C30H50O2. The van der Waals surface area contributed by atoms with Crippen molar-refractivity contribution in [1.29, 1.82) is 0 Å². The summed E-state index contributed by atoms with van der Waals surface area (Å²) in [7, 11) is 0. The normalized spacial score (nSPS) is 25.2. The molecule has 0 aromatic heterocycles. The molecular weight excluding hydrogens is 392 g/mol. The first-order valence-corrected chi connectivity index (χ1v) is 13.0. The summed E-state index contributed by atoms with van der Waals surface area (Å²) in [5.74, 6) is 0. The molecule has 2 nitrogen and oxygen atoms in total. The van der Waals surface area contributed by atoms with Gasteiger partial charge in [-0.25, -0.2) is 0 Å². The van der Waals surface area contributed by atoms with Crippen molar-refractivity contribution in [3.05, 3.63) is 46.6 Å². The van der Waals surface area contributed by atoms with Crippen LogP contribution in [0.1, 0.15) is 120 Å². The molecule has 2 saturated heterocycles. The summed E-state index contributed by atoms with van der Waals surface area (Å²) in [5, 5.41) is 0. The maximum atomic E-state index is 5.68. The Morgan fingerprint density at radius 1 is 0.531 bits per heavy atom. The number of epoxide rings is 2. The Morgan fingerprint density at radius 2 is 0.812 bits per heavy atom. The Hall–Kier alpha value is -1.12. The number of hydrogen-bond donors (Lipinski definition) is 0. The predicted molar refractivity (Wildman–Crippen MR) is 139 cm³/mol. The van der Waals surface area contributed by atoms with E-state index in [-0.39, 0.29) is 11.2 Å². The summed E-state index contributed by atoms with van der Waals surface area (Å²) in [6.07, 6.45) is 22.3. The fourth-order valence-corrected chi connectivity index (χ4v) is 4.36. The van der Waals surface area contributed by atoms with E-state index in [0.717, 1.165) is 25.7 Å². The van der Waals surface area contributed by atoms with E-state index >= 15 is 0 Å². The van der Waals surface area contributed by atoms with Crippen molar-refractivity contribution >= 4 is 0 Å². The van der Waals surface area contributed by atoms with Gasteiger partial charge in [-0.1, -0.05) is 46.6 Å². The van der Waals surface area contributed by atoms with Crippen LogP contribution in [0, 0.1) is 0 Å². The van der Waals surface area contributed by atoms with Crippen molar-refractivity contribution in [2.24, 2.45) is 0 Å². The topological polar surface area (TPSA) is 25.1 Å². The second kappa shape index (κ2) is 12.4. The molecule has 182 valence electrons. The summed E-state index contributed by atoms with van der Waals surface area (Å²) < 4.78 is 11.4. The molecule has 2 aliphatic heterocycles. The lowest BCUT2D eigenvalue weighted by Crippen LogP contribution is -2.02. The van der Waals surface area contributed by atoms with Crippen molar-refractivity contribution in [3.63, 3.8) is 0 Å². The monoisotopic (exact) mass is 442 g/mol. The molecule has 32 heavy (non-hydrogen) atoms. The van der Waals surface area contributed by atoms with Crippen LogP contribution in [0.25, 0.3) is 0 Å². The summed E-state index contributed by atoms with van der Waals surface area (Å²) in [6, 6.07) is 0. The highest BCUT2D eigenvalue weighted by Gasteiger charge is 2.47. The number of hydrogen-bond acceptors (Lipinski definition) is 2. The van der Waals surface area contributed by atoms with Crippen LogP contribution in [-0.4, -0.2) is 23.4 Å².